The normalized spacial score (nSPS) is 11.8. The van der Waals surface area contributed by atoms with E-state index in [0.717, 1.165) is 11.3 Å². The molecule has 1 atom stereocenters. The minimum atomic E-state index is -0.812. The molecule has 9 heteroatoms. The zero-order valence-electron chi connectivity index (χ0n) is 14.8. The van der Waals surface area contributed by atoms with Gasteiger partial charge in [0.1, 0.15) is 28.3 Å². The van der Waals surface area contributed by atoms with Crippen molar-refractivity contribution in [2.75, 3.05) is 10.6 Å². The zero-order valence-corrected chi connectivity index (χ0v) is 15.6. The van der Waals surface area contributed by atoms with Gasteiger partial charge in [-0.3, -0.25) is 9.59 Å². The monoisotopic (exact) mass is 400 g/mol. The molecule has 1 aromatic heterocycles. The average molecular weight is 400 g/mol. The summed E-state index contributed by atoms with van der Waals surface area (Å²) in [6.07, 6.45) is 0. The lowest BCUT2D eigenvalue weighted by atomic mass is 10.1. The maximum Gasteiger partial charge on any atom is 0.240 e. The highest BCUT2D eigenvalue weighted by molar-refractivity contribution is 7.18. The molecule has 144 valence electrons. The smallest absolute Gasteiger partial charge is 0.240 e. The summed E-state index contributed by atoms with van der Waals surface area (Å²) in [6, 6.07) is 10.4. The second kappa shape index (κ2) is 7.65. The number of hydrogen-bond donors (Lipinski definition) is 3. The Morgan fingerprint density at radius 2 is 1.75 bits per heavy atom. The summed E-state index contributed by atoms with van der Waals surface area (Å²) >= 11 is 0.996. The lowest BCUT2D eigenvalue weighted by Gasteiger charge is -2.26. The molecule has 2 aromatic carbocycles. The third kappa shape index (κ3) is 3.79. The van der Waals surface area contributed by atoms with Gasteiger partial charge in [0.15, 0.2) is 5.13 Å². The predicted octanol–water partition coefficient (Wildman–Crippen LogP) is 2.81. The van der Waals surface area contributed by atoms with E-state index in [-0.39, 0.29) is 27.4 Å². The van der Waals surface area contributed by atoms with Crippen LogP contribution < -0.4 is 16.4 Å². The van der Waals surface area contributed by atoms with Crippen molar-refractivity contribution in [3.8, 4) is 5.75 Å². The van der Waals surface area contributed by atoms with E-state index in [4.69, 9.17) is 11.5 Å². The summed E-state index contributed by atoms with van der Waals surface area (Å²) in [6.45, 7) is 1.57. The van der Waals surface area contributed by atoms with Gasteiger partial charge in [-0.1, -0.05) is 11.3 Å². The summed E-state index contributed by atoms with van der Waals surface area (Å²) in [7, 11) is 0. The fraction of sp³-hybridized carbons (Fsp3) is 0.105. The molecule has 7 nitrogen and oxygen atoms in total. The Balaban J connectivity index is 2.03. The van der Waals surface area contributed by atoms with Crippen LogP contribution in [0.5, 0.6) is 5.75 Å². The molecule has 0 fully saturated rings. The topological polar surface area (TPSA) is 123 Å². The third-order valence-electron chi connectivity index (χ3n) is 4.09. The van der Waals surface area contributed by atoms with Gasteiger partial charge in [0.25, 0.3) is 0 Å². The van der Waals surface area contributed by atoms with E-state index in [0.29, 0.717) is 11.3 Å². The molecule has 0 aliphatic heterocycles. The number of phenols is 1. The predicted molar refractivity (Wildman–Crippen MR) is 105 cm³/mol. The molecule has 1 amide bonds. The SMILES string of the molecule is C[C@H](C(N)=O)N(c1ccc(F)cc1)c1nc(N)c(C(=O)c2ccc(O)cc2)s1. The fourth-order valence-corrected chi connectivity index (χ4v) is 3.61. The van der Waals surface area contributed by atoms with E-state index < -0.39 is 17.8 Å². The molecule has 0 spiro atoms. The van der Waals surface area contributed by atoms with E-state index in [1.54, 1.807) is 6.92 Å². The van der Waals surface area contributed by atoms with E-state index >= 15 is 0 Å². The Hall–Kier alpha value is -3.46. The molecule has 3 aromatic rings. The largest absolute Gasteiger partial charge is 0.508 e. The minimum Gasteiger partial charge on any atom is -0.508 e. The van der Waals surface area contributed by atoms with Crippen LogP contribution in [-0.4, -0.2) is 27.8 Å². The highest BCUT2D eigenvalue weighted by atomic mass is 32.1. The number of nitrogens with two attached hydrogens (primary N) is 2. The quantitative estimate of drug-likeness (QED) is 0.547. The van der Waals surface area contributed by atoms with Crippen LogP contribution in [0.2, 0.25) is 0 Å². The Labute approximate surface area is 164 Å². The highest BCUT2D eigenvalue weighted by Crippen LogP contribution is 2.36. The third-order valence-corrected chi connectivity index (χ3v) is 5.16. The molecule has 0 bridgehead atoms. The van der Waals surface area contributed by atoms with Gasteiger partial charge in [0.05, 0.1) is 0 Å². The van der Waals surface area contributed by atoms with Crippen LogP contribution in [-0.2, 0) is 4.79 Å². The van der Waals surface area contributed by atoms with Gasteiger partial charge in [0.2, 0.25) is 11.7 Å². The summed E-state index contributed by atoms with van der Waals surface area (Å²) in [5.41, 5.74) is 12.2. The minimum absolute atomic E-state index is 0.00172. The van der Waals surface area contributed by atoms with Crippen molar-refractivity contribution in [3.63, 3.8) is 0 Å². The Morgan fingerprint density at radius 1 is 1.14 bits per heavy atom. The molecular formula is C19H17FN4O3S. The van der Waals surface area contributed by atoms with Gasteiger partial charge in [-0.2, -0.15) is 0 Å². The van der Waals surface area contributed by atoms with Crippen molar-refractivity contribution < 1.29 is 19.1 Å². The molecule has 3 rings (SSSR count). The van der Waals surface area contributed by atoms with Crippen molar-refractivity contribution >= 4 is 39.7 Å². The van der Waals surface area contributed by atoms with E-state index in [1.165, 1.54) is 53.4 Å². The molecule has 28 heavy (non-hydrogen) atoms. The van der Waals surface area contributed by atoms with E-state index in [2.05, 4.69) is 4.98 Å². The molecule has 1 heterocycles. The molecular weight excluding hydrogens is 383 g/mol. The van der Waals surface area contributed by atoms with Crippen molar-refractivity contribution in [2.45, 2.75) is 13.0 Å². The standard InChI is InChI=1S/C19H17FN4O3S/c1-10(18(22)27)24(13-6-4-12(20)5-7-13)19-23-17(21)16(28-19)15(26)11-2-8-14(25)9-3-11/h2-10,25H,21H2,1H3,(H2,22,27)/t10-/m1/s1. The number of carbonyl (C=O) groups excluding carboxylic acids is 2. The molecule has 0 aliphatic rings. The maximum atomic E-state index is 13.3. The molecule has 0 radical (unpaired) electrons. The summed E-state index contributed by atoms with van der Waals surface area (Å²) in [4.78, 5) is 30.5. The average Bonchev–Trinajstić information content (AvgIpc) is 3.04. The Bertz CT molecular complexity index is 1020. The number of amides is 1. The second-order valence-corrected chi connectivity index (χ2v) is 6.99. The molecule has 0 saturated carbocycles. The summed E-state index contributed by atoms with van der Waals surface area (Å²) in [5, 5.41) is 9.65. The number of primary amides is 1. The number of benzene rings is 2. The number of nitrogen functional groups attached to an aromatic ring is 1. The van der Waals surface area contributed by atoms with Crippen LogP contribution in [0.25, 0.3) is 0 Å². The van der Waals surface area contributed by atoms with Gasteiger partial charge in [0, 0.05) is 11.3 Å². The number of ketones is 1. The van der Waals surface area contributed by atoms with Crippen molar-refractivity contribution in [2.24, 2.45) is 5.73 Å². The van der Waals surface area contributed by atoms with Crippen LogP contribution >= 0.6 is 11.3 Å². The lowest BCUT2D eigenvalue weighted by Crippen LogP contribution is -2.39. The highest BCUT2D eigenvalue weighted by Gasteiger charge is 2.27. The lowest BCUT2D eigenvalue weighted by molar-refractivity contribution is -0.118. The number of anilines is 3. The number of aromatic hydroxyl groups is 1. The molecule has 0 unspecified atom stereocenters. The number of nitrogens with zero attached hydrogens (tertiary/aromatic N) is 2. The van der Waals surface area contributed by atoms with E-state index in [9.17, 15) is 19.1 Å². The number of carbonyl (C=O) groups is 2. The van der Waals surface area contributed by atoms with Gasteiger partial charge in [-0.05, 0) is 55.5 Å². The van der Waals surface area contributed by atoms with Crippen LogP contribution in [0, 0.1) is 5.82 Å². The van der Waals surface area contributed by atoms with Crippen molar-refractivity contribution in [1.82, 2.24) is 4.98 Å². The van der Waals surface area contributed by atoms with E-state index in [1.807, 2.05) is 0 Å². The Morgan fingerprint density at radius 3 is 2.32 bits per heavy atom. The Kier molecular flexibility index (Phi) is 5.27. The number of thiazole rings is 1. The zero-order chi connectivity index (χ0) is 20.4. The van der Waals surface area contributed by atoms with Gasteiger partial charge in [-0.15, -0.1) is 0 Å². The van der Waals surface area contributed by atoms with Gasteiger partial charge < -0.3 is 21.5 Å². The number of phenolic OH excluding ortho intramolecular Hbond substituents is 1. The molecule has 5 N–H and O–H groups in total. The molecule has 0 saturated heterocycles. The number of rotatable bonds is 6. The van der Waals surface area contributed by atoms with Crippen molar-refractivity contribution in [1.29, 1.82) is 0 Å². The van der Waals surface area contributed by atoms with Crippen LogP contribution in [0.3, 0.4) is 0 Å². The fourth-order valence-electron chi connectivity index (χ4n) is 2.56. The van der Waals surface area contributed by atoms with Crippen LogP contribution in [0.1, 0.15) is 22.2 Å². The van der Waals surface area contributed by atoms with Crippen molar-refractivity contribution in [3.05, 3.63) is 64.8 Å². The summed E-state index contributed by atoms with van der Waals surface area (Å²) in [5.74, 6) is -1.39. The van der Waals surface area contributed by atoms with Crippen LogP contribution in [0.15, 0.2) is 48.5 Å². The maximum absolute atomic E-state index is 13.3. The van der Waals surface area contributed by atoms with Gasteiger partial charge >= 0.3 is 0 Å². The summed E-state index contributed by atoms with van der Waals surface area (Å²) < 4.78 is 13.3. The first-order valence-electron chi connectivity index (χ1n) is 8.22. The van der Waals surface area contributed by atoms with Crippen LogP contribution in [0.4, 0.5) is 21.0 Å². The number of halogens is 1. The first-order chi connectivity index (χ1) is 13.3. The number of hydrogen-bond acceptors (Lipinski definition) is 7. The first-order valence-corrected chi connectivity index (χ1v) is 9.03. The molecule has 0 aliphatic carbocycles. The van der Waals surface area contributed by atoms with Gasteiger partial charge in [-0.25, -0.2) is 9.37 Å². The first kappa shape index (κ1) is 19.3. The second-order valence-electron chi connectivity index (χ2n) is 6.01. The number of aromatic nitrogens is 1.